The van der Waals surface area contributed by atoms with Crippen LogP contribution in [0.25, 0.3) is 0 Å². The maximum absolute atomic E-state index is 4.44. The van der Waals surface area contributed by atoms with Crippen molar-refractivity contribution < 1.29 is 0 Å². The number of benzene rings is 1. The fraction of sp³-hybridized carbons (Fsp3) is 0.462. The highest BCUT2D eigenvalue weighted by Crippen LogP contribution is 2.26. The van der Waals surface area contributed by atoms with Crippen LogP contribution in [0.5, 0.6) is 0 Å². The van der Waals surface area contributed by atoms with E-state index in [-0.39, 0.29) is 0 Å². The topological polar surface area (TPSA) is 12.4 Å². The Balaban J connectivity index is 3.07. The summed E-state index contributed by atoms with van der Waals surface area (Å²) in [6.45, 7) is 8.69. The Bertz CT molecular complexity index is 324. The molecule has 1 rings (SSSR count). The van der Waals surface area contributed by atoms with Crippen molar-refractivity contribution >= 4 is 11.9 Å². The van der Waals surface area contributed by atoms with E-state index in [4.69, 9.17) is 0 Å². The summed E-state index contributed by atoms with van der Waals surface area (Å²) in [6.07, 6.45) is 2.96. The molecule has 0 aliphatic carbocycles. The molecular weight excluding hydrogens is 170 g/mol. The number of rotatable bonds is 3. The molecular formula is C13H19N. The summed E-state index contributed by atoms with van der Waals surface area (Å²) < 4.78 is 0. The van der Waals surface area contributed by atoms with Gasteiger partial charge in [-0.2, -0.15) is 0 Å². The van der Waals surface area contributed by atoms with Gasteiger partial charge in [-0.25, -0.2) is 0 Å². The van der Waals surface area contributed by atoms with E-state index in [0.29, 0.717) is 5.92 Å². The standard InChI is InChI=1S/C13H19N/c1-5-9-14-13-8-6-7-12(10(2)3)11(13)4/h6-10H,5H2,1-4H3/b14-9-. The largest absolute Gasteiger partial charge is 0.261 e. The Hall–Kier alpha value is -1.11. The molecule has 0 spiro atoms. The van der Waals surface area contributed by atoms with Crippen molar-refractivity contribution in [2.24, 2.45) is 4.99 Å². The van der Waals surface area contributed by atoms with E-state index >= 15 is 0 Å². The predicted octanol–water partition coefficient (Wildman–Crippen LogP) is 4.23. The normalized spacial score (nSPS) is 11.5. The van der Waals surface area contributed by atoms with E-state index in [1.165, 1.54) is 11.1 Å². The van der Waals surface area contributed by atoms with Gasteiger partial charge in [0, 0.05) is 6.21 Å². The van der Waals surface area contributed by atoms with Crippen molar-refractivity contribution in [3.63, 3.8) is 0 Å². The zero-order valence-electron chi connectivity index (χ0n) is 9.54. The van der Waals surface area contributed by atoms with Crippen LogP contribution in [0, 0.1) is 6.92 Å². The van der Waals surface area contributed by atoms with Gasteiger partial charge in [0.15, 0.2) is 0 Å². The van der Waals surface area contributed by atoms with Crippen LogP contribution in [0.2, 0.25) is 0 Å². The molecule has 1 aromatic carbocycles. The van der Waals surface area contributed by atoms with Crippen LogP contribution in [-0.4, -0.2) is 6.21 Å². The zero-order valence-corrected chi connectivity index (χ0v) is 9.54. The fourth-order valence-electron chi connectivity index (χ4n) is 1.60. The molecule has 0 N–H and O–H groups in total. The van der Waals surface area contributed by atoms with Crippen molar-refractivity contribution in [2.45, 2.75) is 40.0 Å². The fourth-order valence-corrected chi connectivity index (χ4v) is 1.60. The lowest BCUT2D eigenvalue weighted by Gasteiger charge is -2.11. The lowest BCUT2D eigenvalue weighted by atomic mass is 9.97. The summed E-state index contributed by atoms with van der Waals surface area (Å²) in [6, 6.07) is 6.35. The Morgan fingerprint density at radius 1 is 1.36 bits per heavy atom. The van der Waals surface area contributed by atoms with Crippen LogP contribution in [0.3, 0.4) is 0 Å². The van der Waals surface area contributed by atoms with Crippen LogP contribution >= 0.6 is 0 Å². The SMILES string of the molecule is CC/C=N\c1cccc(C(C)C)c1C. The molecule has 0 heterocycles. The van der Waals surface area contributed by atoms with Gasteiger partial charge in [0.05, 0.1) is 5.69 Å². The Morgan fingerprint density at radius 3 is 2.64 bits per heavy atom. The van der Waals surface area contributed by atoms with Gasteiger partial charge in [-0.05, 0) is 36.5 Å². The van der Waals surface area contributed by atoms with Crippen LogP contribution in [0.4, 0.5) is 5.69 Å². The van der Waals surface area contributed by atoms with Crippen LogP contribution in [-0.2, 0) is 0 Å². The number of hydrogen-bond acceptors (Lipinski definition) is 1. The first-order valence-electron chi connectivity index (χ1n) is 5.28. The number of aliphatic imine (C=N–C) groups is 1. The summed E-state index contributed by atoms with van der Waals surface area (Å²) >= 11 is 0. The minimum Gasteiger partial charge on any atom is -0.261 e. The summed E-state index contributed by atoms with van der Waals surface area (Å²) in [4.78, 5) is 4.44. The Morgan fingerprint density at radius 2 is 2.07 bits per heavy atom. The van der Waals surface area contributed by atoms with Crippen LogP contribution in [0.15, 0.2) is 23.2 Å². The highest BCUT2D eigenvalue weighted by molar-refractivity contribution is 5.65. The molecule has 0 aliphatic heterocycles. The van der Waals surface area contributed by atoms with E-state index in [1.54, 1.807) is 0 Å². The van der Waals surface area contributed by atoms with E-state index in [1.807, 2.05) is 6.21 Å². The molecule has 0 saturated carbocycles. The first-order valence-corrected chi connectivity index (χ1v) is 5.28. The molecule has 1 heteroatoms. The van der Waals surface area contributed by atoms with E-state index in [9.17, 15) is 0 Å². The molecule has 0 bridgehead atoms. The molecule has 0 aliphatic rings. The maximum atomic E-state index is 4.44. The van der Waals surface area contributed by atoms with Crippen molar-refractivity contribution in [2.75, 3.05) is 0 Å². The second-order valence-electron chi connectivity index (χ2n) is 3.87. The van der Waals surface area contributed by atoms with E-state index in [2.05, 4.69) is 50.9 Å². The van der Waals surface area contributed by atoms with Crippen molar-refractivity contribution in [1.82, 2.24) is 0 Å². The third-order valence-corrected chi connectivity index (χ3v) is 2.38. The lowest BCUT2D eigenvalue weighted by Crippen LogP contribution is -1.91. The summed E-state index contributed by atoms with van der Waals surface area (Å²) in [7, 11) is 0. The smallest absolute Gasteiger partial charge is 0.0657 e. The number of nitrogens with zero attached hydrogens (tertiary/aromatic N) is 1. The van der Waals surface area contributed by atoms with E-state index in [0.717, 1.165) is 12.1 Å². The molecule has 0 fully saturated rings. The van der Waals surface area contributed by atoms with Gasteiger partial charge >= 0.3 is 0 Å². The Labute approximate surface area is 86.9 Å². The van der Waals surface area contributed by atoms with Gasteiger partial charge in [-0.15, -0.1) is 0 Å². The van der Waals surface area contributed by atoms with Gasteiger partial charge < -0.3 is 0 Å². The van der Waals surface area contributed by atoms with Gasteiger partial charge in [-0.3, -0.25) is 4.99 Å². The van der Waals surface area contributed by atoms with Crippen molar-refractivity contribution in [3.8, 4) is 0 Å². The molecule has 14 heavy (non-hydrogen) atoms. The lowest BCUT2D eigenvalue weighted by molar-refractivity contribution is 0.856. The van der Waals surface area contributed by atoms with Gasteiger partial charge in [-0.1, -0.05) is 32.9 Å². The third kappa shape index (κ3) is 2.44. The molecule has 0 unspecified atom stereocenters. The third-order valence-electron chi connectivity index (χ3n) is 2.38. The maximum Gasteiger partial charge on any atom is 0.0657 e. The molecule has 0 radical (unpaired) electrons. The Kier molecular flexibility index (Phi) is 3.87. The quantitative estimate of drug-likeness (QED) is 0.631. The summed E-state index contributed by atoms with van der Waals surface area (Å²) in [5, 5.41) is 0. The van der Waals surface area contributed by atoms with Crippen LogP contribution < -0.4 is 0 Å². The highest BCUT2D eigenvalue weighted by atomic mass is 14.7. The first kappa shape index (κ1) is 11.0. The minimum absolute atomic E-state index is 0.576. The molecule has 76 valence electrons. The minimum atomic E-state index is 0.576. The van der Waals surface area contributed by atoms with Gasteiger partial charge in [0.1, 0.15) is 0 Å². The average Bonchev–Trinajstić information content (AvgIpc) is 2.16. The van der Waals surface area contributed by atoms with Crippen LogP contribution in [0.1, 0.15) is 44.2 Å². The summed E-state index contributed by atoms with van der Waals surface area (Å²) in [5.41, 5.74) is 3.82. The molecule has 1 nitrogen and oxygen atoms in total. The molecule has 0 amide bonds. The molecule has 0 atom stereocenters. The van der Waals surface area contributed by atoms with E-state index < -0.39 is 0 Å². The number of hydrogen-bond donors (Lipinski definition) is 0. The summed E-state index contributed by atoms with van der Waals surface area (Å²) in [5.74, 6) is 0.576. The first-order chi connectivity index (χ1) is 6.66. The molecule has 1 aromatic rings. The monoisotopic (exact) mass is 189 g/mol. The predicted molar refractivity (Wildman–Crippen MR) is 63.7 cm³/mol. The molecule has 0 saturated heterocycles. The second kappa shape index (κ2) is 4.94. The average molecular weight is 189 g/mol. The van der Waals surface area contributed by atoms with Crippen molar-refractivity contribution in [1.29, 1.82) is 0 Å². The zero-order chi connectivity index (χ0) is 10.6. The highest BCUT2D eigenvalue weighted by Gasteiger charge is 2.05. The van der Waals surface area contributed by atoms with Gasteiger partial charge in [0.25, 0.3) is 0 Å². The van der Waals surface area contributed by atoms with Crippen molar-refractivity contribution in [3.05, 3.63) is 29.3 Å². The second-order valence-corrected chi connectivity index (χ2v) is 3.87. The molecule has 0 aromatic heterocycles. The van der Waals surface area contributed by atoms with Gasteiger partial charge in [0.2, 0.25) is 0 Å².